The molecule has 4 rings (SSSR count). The molecule has 1 aliphatic heterocycles. The number of carbonyl (C=O) groups is 1. The fourth-order valence-corrected chi connectivity index (χ4v) is 4.32. The van der Waals surface area contributed by atoms with Crippen molar-refractivity contribution in [2.24, 2.45) is 5.73 Å². The summed E-state index contributed by atoms with van der Waals surface area (Å²) < 4.78 is 12.4. The summed E-state index contributed by atoms with van der Waals surface area (Å²) in [5.41, 5.74) is 8.68. The Morgan fingerprint density at radius 2 is 1.84 bits per heavy atom. The van der Waals surface area contributed by atoms with E-state index in [-0.39, 0.29) is 17.0 Å². The number of nitrogens with zero attached hydrogens (tertiary/aromatic N) is 1. The summed E-state index contributed by atoms with van der Waals surface area (Å²) >= 11 is 6.48. The average Bonchev–Trinajstić information content (AvgIpc) is 2.78. The van der Waals surface area contributed by atoms with E-state index in [2.05, 4.69) is 0 Å². The topological polar surface area (TPSA) is 83.5 Å². The highest BCUT2D eigenvalue weighted by molar-refractivity contribution is 6.31. The largest absolute Gasteiger partial charge is 0.465 e. The first-order valence-electron chi connectivity index (χ1n) is 10.2. The molecule has 1 aliphatic rings. The molecule has 0 saturated carbocycles. The van der Waals surface area contributed by atoms with Gasteiger partial charge in [0, 0.05) is 23.3 Å². The van der Waals surface area contributed by atoms with Crippen LogP contribution in [0.1, 0.15) is 28.3 Å². The molecule has 0 bridgehead atoms. The second-order valence-electron chi connectivity index (χ2n) is 7.58. The van der Waals surface area contributed by atoms with Crippen LogP contribution in [0.5, 0.6) is 5.75 Å². The van der Waals surface area contributed by atoms with Crippen LogP contribution in [0, 0.1) is 6.92 Å². The van der Waals surface area contributed by atoms with Crippen molar-refractivity contribution in [1.29, 1.82) is 0 Å². The van der Waals surface area contributed by atoms with Crippen molar-refractivity contribution in [1.82, 2.24) is 4.57 Å². The summed E-state index contributed by atoms with van der Waals surface area (Å²) in [6, 6.07) is 18.8. The monoisotopic (exact) mass is 450 g/mol. The van der Waals surface area contributed by atoms with Crippen LogP contribution in [0.2, 0.25) is 5.02 Å². The van der Waals surface area contributed by atoms with Crippen LogP contribution in [0.15, 0.2) is 76.9 Å². The van der Waals surface area contributed by atoms with E-state index in [1.165, 1.54) is 7.11 Å². The second kappa shape index (κ2) is 8.93. The van der Waals surface area contributed by atoms with Gasteiger partial charge in [-0.05, 0) is 30.5 Å². The number of carbonyl (C=O) groups excluding carboxylic acids is 1. The summed E-state index contributed by atoms with van der Waals surface area (Å²) in [4.78, 5) is 26.4. The van der Waals surface area contributed by atoms with Gasteiger partial charge in [0.15, 0.2) is 0 Å². The Balaban J connectivity index is 1.88. The van der Waals surface area contributed by atoms with Crippen molar-refractivity contribution in [3.63, 3.8) is 0 Å². The number of rotatable bonds is 5. The molecule has 0 radical (unpaired) electrons. The minimum Gasteiger partial charge on any atom is -0.465 e. The SMILES string of the molecule is COC(=O)C1=C(N)Oc2cc(C)n(CCc3ccccc3)c(=O)c2C1c1ccccc1Cl. The van der Waals surface area contributed by atoms with Crippen LogP contribution in [0.3, 0.4) is 0 Å². The Hall–Kier alpha value is -3.51. The lowest BCUT2D eigenvalue weighted by atomic mass is 9.83. The first kappa shape index (κ1) is 21.7. The number of nitrogens with two attached hydrogens (primary N) is 1. The van der Waals surface area contributed by atoms with Crippen LogP contribution >= 0.6 is 11.6 Å². The van der Waals surface area contributed by atoms with Crippen molar-refractivity contribution < 1.29 is 14.3 Å². The molecule has 3 aromatic rings. The van der Waals surface area contributed by atoms with Gasteiger partial charge in [-0.3, -0.25) is 4.79 Å². The van der Waals surface area contributed by atoms with E-state index in [1.807, 2.05) is 37.3 Å². The number of aryl methyl sites for hydroxylation is 2. The summed E-state index contributed by atoms with van der Waals surface area (Å²) in [6.45, 7) is 2.32. The molecule has 1 atom stereocenters. The lowest BCUT2D eigenvalue weighted by molar-refractivity contribution is -0.136. The van der Waals surface area contributed by atoms with Crippen molar-refractivity contribution in [2.75, 3.05) is 7.11 Å². The maximum atomic E-state index is 13.7. The molecule has 164 valence electrons. The van der Waals surface area contributed by atoms with E-state index in [9.17, 15) is 9.59 Å². The molecule has 0 amide bonds. The maximum absolute atomic E-state index is 13.7. The smallest absolute Gasteiger partial charge is 0.340 e. The highest BCUT2D eigenvalue weighted by Crippen LogP contribution is 2.43. The van der Waals surface area contributed by atoms with Crippen LogP contribution in [-0.2, 0) is 22.5 Å². The molecule has 2 aromatic carbocycles. The highest BCUT2D eigenvalue weighted by Gasteiger charge is 2.39. The number of pyridine rings is 1. The second-order valence-corrected chi connectivity index (χ2v) is 7.99. The van der Waals surface area contributed by atoms with Gasteiger partial charge in [0.1, 0.15) is 11.3 Å². The van der Waals surface area contributed by atoms with Crippen LogP contribution in [-0.4, -0.2) is 17.6 Å². The lowest BCUT2D eigenvalue weighted by Crippen LogP contribution is -2.35. The lowest BCUT2D eigenvalue weighted by Gasteiger charge is -2.29. The molecule has 2 N–H and O–H groups in total. The zero-order chi connectivity index (χ0) is 22.8. The summed E-state index contributed by atoms with van der Waals surface area (Å²) in [5.74, 6) is -1.27. The van der Waals surface area contributed by atoms with E-state index >= 15 is 0 Å². The minimum atomic E-state index is -0.809. The third-order valence-corrected chi connectivity index (χ3v) is 6.00. The molecular weight excluding hydrogens is 428 g/mol. The molecule has 0 fully saturated rings. The molecule has 6 nitrogen and oxygen atoms in total. The van der Waals surface area contributed by atoms with Crippen molar-refractivity contribution in [2.45, 2.75) is 25.8 Å². The number of aromatic nitrogens is 1. The van der Waals surface area contributed by atoms with Crippen molar-refractivity contribution >= 4 is 17.6 Å². The number of hydrogen-bond acceptors (Lipinski definition) is 5. The number of halogens is 1. The van der Waals surface area contributed by atoms with Gasteiger partial charge in [-0.2, -0.15) is 0 Å². The van der Waals surface area contributed by atoms with Crippen molar-refractivity contribution in [3.05, 3.63) is 110 Å². The minimum absolute atomic E-state index is 0.0589. The van der Waals surface area contributed by atoms with E-state index in [0.717, 1.165) is 11.3 Å². The van der Waals surface area contributed by atoms with E-state index in [1.54, 1.807) is 34.9 Å². The number of hydrogen-bond donors (Lipinski definition) is 1. The number of fused-ring (bicyclic) bond motifs is 1. The predicted octanol–water partition coefficient (Wildman–Crippen LogP) is 3.92. The zero-order valence-electron chi connectivity index (χ0n) is 17.8. The van der Waals surface area contributed by atoms with Gasteiger partial charge in [0.05, 0.1) is 18.6 Å². The highest BCUT2D eigenvalue weighted by atomic mass is 35.5. The molecule has 1 unspecified atom stereocenters. The molecule has 0 saturated heterocycles. The molecule has 0 aliphatic carbocycles. The van der Waals surface area contributed by atoms with Gasteiger partial charge in [-0.1, -0.05) is 60.1 Å². The normalized spacial score (nSPS) is 15.2. The number of esters is 1. The summed E-state index contributed by atoms with van der Waals surface area (Å²) in [6.07, 6.45) is 0.680. The Labute approximate surface area is 190 Å². The first-order valence-corrected chi connectivity index (χ1v) is 10.6. The summed E-state index contributed by atoms with van der Waals surface area (Å²) in [5, 5.41) is 0.412. The Bertz CT molecular complexity index is 1260. The maximum Gasteiger partial charge on any atom is 0.340 e. The number of methoxy groups -OCH3 is 1. The Morgan fingerprint density at radius 3 is 2.53 bits per heavy atom. The van der Waals surface area contributed by atoms with E-state index < -0.39 is 11.9 Å². The van der Waals surface area contributed by atoms with Crippen molar-refractivity contribution in [3.8, 4) is 5.75 Å². The molecule has 32 heavy (non-hydrogen) atoms. The standard InChI is InChI=1S/C25H23ClN2O4/c1-15-14-19-21(24(29)28(15)13-12-16-8-4-3-5-9-16)20(17-10-6-7-11-18(17)26)22(23(27)32-19)25(30)31-2/h3-11,14,20H,12-13,27H2,1-2H3. The third kappa shape index (κ3) is 3.89. The van der Waals surface area contributed by atoms with Gasteiger partial charge < -0.3 is 19.8 Å². The quantitative estimate of drug-likeness (QED) is 0.595. The molecule has 1 aromatic heterocycles. The third-order valence-electron chi connectivity index (χ3n) is 5.66. The number of ether oxygens (including phenoxy) is 2. The molecule has 0 spiro atoms. The average molecular weight is 451 g/mol. The van der Waals surface area contributed by atoms with Gasteiger partial charge in [-0.25, -0.2) is 4.79 Å². The molecular formula is C25H23ClN2O4. The van der Waals surface area contributed by atoms with Gasteiger partial charge >= 0.3 is 5.97 Å². The Kier molecular flexibility index (Phi) is 6.06. The fourth-order valence-electron chi connectivity index (χ4n) is 4.08. The Morgan fingerprint density at radius 1 is 1.16 bits per heavy atom. The summed E-state index contributed by atoms with van der Waals surface area (Å²) in [7, 11) is 1.26. The first-order chi connectivity index (χ1) is 15.4. The zero-order valence-corrected chi connectivity index (χ0v) is 18.6. The van der Waals surface area contributed by atoms with E-state index in [0.29, 0.717) is 34.9 Å². The predicted molar refractivity (Wildman–Crippen MR) is 123 cm³/mol. The molecule has 7 heteroatoms. The molecule has 2 heterocycles. The fraction of sp³-hybridized carbons (Fsp3) is 0.200. The van der Waals surface area contributed by atoms with E-state index in [4.69, 9.17) is 26.8 Å². The van der Waals surface area contributed by atoms with Gasteiger partial charge in [0.25, 0.3) is 5.56 Å². The van der Waals surface area contributed by atoms with Gasteiger partial charge in [0.2, 0.25) is 5.88 Å². The van der Waals surface area contributed by atoms with Crippen LogP contribution in [0.25, 0.3) is 0 Å². The van der Waals surface area contributed by atoms with Gasteiger partial charge in [-0.15, -0.1) is 0 Å². The van der Waals surface area contributed by atoms with Crippen LogP contribution in [0.4, 0.5) is 0 Å². The number of benzene rings is 2. The van der Waals surface area contributed by atoms with Crippen LogP contribution < -0.4 is 16.0 Å².